The maximum Gasteiger partial charge on any atom is 0.416 e. The summed E-state index contributed by atoms with van der Waals surface area (Å²) in [6.07, 6.45) is -2.42. The van der Waals surface area contributed by atoms with Crippen LogP contribution in [0.25, 0.3) is 11.6 Å². The highest BCUT2D eigenvalue weighted by Gasteiger charge is 2.30. The number of carbonyl (C=O) groups is 1. The molecule has 164 valence electrons. The number of aromatic nitrogens is 5. The Kier molecular flexibility index (Phi) is 5.98. The summed E-state index contributed by atoms with van der Waals surface area (Å²) >= 11 is 0. The van der Waals surface area contributed by atoms with E-state index in [9.17, 15) is 18.0 Å². The van der Waals surface area contributed by atoms with E-state index < -0.39 is 11.7 Å². The minimum Gasteiger partial charge on any atom is -0.340 e. The van der Waals surface area contributed by atoms with Gasteiger partial charge in [0.2, 0.25) is 17.6 Å². The molecule has 0 bridgehead atoms. The Morgan fingerprint density at radius 2 is 1.87 bits per heavy atom. The van der Waals surface area contributed by atoms with Crippen LogP contribution in [0.1, 0.15) is 23.4 Å². The van der Waals surface area contributed by atoms with Gasteiger partial charge in [-0.25, -0.2) is 4.98 Å². The molecule has 1 aromatic carbocycles. The minimum absolute atomic E-state index is 0.00593. The summed E-state index contributed by atoms with van der Waals surface area (Å²) in [5, 5.41) is 10.2. The van der Waals surface area contributed by atoms with Crippen LogP contribution in [0.4, 0.5) is 13.2 Å². The Morgan fingerprint density at radius 1 is 1.13 bits per heavy atom. The van der Waals surface area contributed by atoms with Gasteiger partial charge in [-0.1, -0.05) is 17.3 Å². The van der Waals surface area contributed by atoms with Crippen molar-refractivity contribution in [2.75, 3.05) is 26.2 Å². The fourth-order valence-corrected chi connectivity index (χ4v) is 3.35. The number of piperazine rings is 1. The number of halogens is 3. The Balaban J connectivity index is 1.22. The highest BCUT2D eigenvalue weighted by atomic mass is 19.4. The summed E-state index contributed by atoms with van der Waals surface area (Å²) in [5.41, 5.74) is 0.160. The van der Waals surface area contributed by atoms with Gasteiger partial charge in [0.1, 0.15) is 6.33 Å². The van der Waals surface area contributed by atoms with E-state index in [0.29, 0.717) is 50.9 Å². The maximum atomic E-state index is 12.7. The first-order valence-corrected chi connectivity index (χ1v) is 9.73. The second-order valence-electron chi connectivity index (χ2n) is 7.20. The normalized spacial score (nSPS) is 15.4. The number of amides is 1. The number of nitrogens with one attached hydrogen (secondary N) is 1. The first kappa shape index (κ1) is 21.0. The van der Waals surface area contributed by atoms with Gasteiger partial charge in [0.15, 0.2) is 5.82 Å². The van der Waals surface area contributed by atoms with Crippen molar-refractivity contribution in [3.05, 3.63) is 47.6 Å². The molecule has 1 aliphatic heterocycles. The highest BCUT2D eigenvalue weighted by molar-refractivity contribution is 5.76. The van der Waals surface area contributed by atoms with Crippen molar-refractivity contribution >= 4 is 5.91 Å². The Morgan fingerprint density at radius 3 is 2.52 bits per heavy atom. The Bertz CT molecular complexity index is 994. The number of nitrogens with zero attached hydrogens (tertiary/aromatic N) is 6. The van der Waals surface area contributed by atoms with Gasteiger partial charge in [0.05, 0.1) is 5.56 Å². The number of alkyl halides is 3. The molecule has 0 aliphatic carbocycles. The van der Waals surface area contributed by atoms with Crippen LogP contribution in [-0.4, -0.2) is 67.2 Å². The van der Waals surface area contributed by atoms with Gasteiger partial charge in [-0.2, -0.15) is 23.3 Å². The van der Waals surface area contributed by atoms with Crippen LogP contribution >= 0.6 is 0 Å². The average Bonchev–Trinajstić information content (AvgIpc) is 3.44. The zero-order chi connectivity index (χ0) is 21.8. The molecule has 4 rings (SSSR count). The third kappa shape index (κ3) is 5.26. The van der Waals surface area contributed by atoms with Crippen molar-refractivity contribution in [2.24, 2.45) is 0 Å². The lowest BCUT2D eigenvalue weighted by atomic mass is 10.1. The molecule has 1 aliphatic rings. The zero-order valence-electron chi connectivity index (χ0n) is 16.5. The number of carbonyl (C=O) groups excluding carboxylic acids is 1. The molecule has 31 heavy (non-hydrogen) atoms. The predicted molar refractivity (Wildman–Crippen MR) is 101 cm³/mol. The summed E-state index contributed by atoms with van der Waals surface area (Å²) < 4.78 is 43.1. The summed E-state index contributed by atoms with van der Waals surface area (Å²) in [7, 11) is 0. The molecule has 1 fully saturated rings. The maximum absolute atomic E-state index is 12.7. The summed E-state index contributed by atoms with van der Waals surface area (Å²) in [5.74, 6) is 1.02. The van der Waals surface area contributed by atoms with E-state index in [2.05, 4.69) is 30.2 Å². The van der Waals surface area contributed by atoms with Crippen molar-refractivity contribution in [3.8, 4) is 11.6 Å². The van der Waals surface area contributed by atoms with E-state index >= 15 is 0 Å². The SMILES string of the molecule is O=C(CCc1nc(-c2ncn[nH]2)no1)N1CCN(Cc2ccc(C(F)(F)F)cc2)CC1. The highest BCUT2D eigenvalue weighted by Crippen LogP contribution is 2.29. The van der Waals surface area contributed by atoms with E-state index in [-0.39, 0.29) is 18.2 Å². The van der Waals surface area contributed by atoms with Gasteiger partial charge in [0, 0.05) is 45.6 Å². The third-order valence-corrected chi connectivity index (χ3v) is 5.06. The third-order valence-electron chi connectivity index (χ3n) is 5.06. The van der Waals surface area contributed by atoms with Crippen molar-refractivity contribution in [1.29, 1.82) is 0 Å². The van der Waals surface area contributed by atoms with Gasteiger partial charge in [0.25, 0.3) is 0 Å². The zero-order valence-corrected chi connectivity index (χ0v) is 16.5. The number of aromatic amines is 1. The molecular formula is C19H20F3N7O2. The molecule has 1 N–H and O–H groups in total. The van der Waals surface area contributed by atoms with Crippen molar-refractivity contribution < 1.29 is 22.5 Å². The average molecular weight is 435 g/mol. The van der Waals surface area contributed by atoms with Crippen LogP contribution in [0.15, 0.2) is 35.1 Å². The molecule has 1 amide bonds. The van der Waals surface area contributed by atoms with E-state index in [1.807, 2.05) is 0 Å². The quantitative estimate of drug-likeness (QED) is 0.633. The summed E-state index contributed by atoms with van der Waals surface area (Å²) in [6.45, 7) is 2.98. The molecule has 9 nitrogen and oxygen atoms in total. The first-order chi connectivity index (χ1) is 14.9. The second kappa shape index (κ2) is 8.84. The Labute approximate surface area is 175 Å². The molecular weight excluding hydrogens is 415 g/mol. The minimum atomic E-state index is -4.33. The first-order valence-electron chi connectivity index (χ1n) is 9.73. The largest absolute Gasteiger partial charge is 0.416 e. The lowest BCUT2D eigenvalue weighted by Crippen LogP contribution is -2.48. The van der Waals surface area contributed by atoms with Crippen molar-refractivity contribution in [3.63, 3.8) is 0 Å². The van der Waals surface area contributed by atoms with Gasteiger partial charge in [-0.15, -0.1) is 0 Å². The predicted octanol–water partition coefficient (Wildman–Crippen LogP) is 2.15. The standard InChI is InChI=1S/C19H20F3N7O2/c20-19(21,22)14-3-1-13(2-4-14)11-28-7-9-29(10-8-28)16(30)6-5-15-25-18(27-31-15)17-23-12-24-26-17/h1-4,12H,5-11H2,(H,23,24,26). The number of aryl methyl sites for hydroxylation is 1. The molecule has 0 radical (unpaired) electrons. The molecule has 12 heteroatoms. The Hall–Kier alpha value is -3.28. The van der Waals surface area contributed by atoms with Crippen molar-refractivity contribution in [1.82, 2.24) is 35.1 Å². The van der Waals surface area contributed by atoms with E-state index in [0.717, 1.165) is 17.7 Å². The lowest BCUT2D eigenvalue weighted by molar-refractivity contribution is -0.137. The monoisotopic (exact) mass is 435 g/mol. The van der Waals surface area contributed by atoms with Gasteiger partial charge in [-0.3, -0.25) is 14.8 Å². The number of rotatable bonds is 6. The van der Waals surface area contributed by atoms with E-state index in [1.54, 1.807) is 4.90 Å². The smallest absolute Gasteiger partial charge is 0.340 e. The molecule has 0 atom stereocenters. The number of hydrogen-bond acceptors (Lipinski definition) is 7. The molecule has 0 unspecified atom stereocenters. The van der Waals surface area contributed by atoms with Crippen LogP contribution in [0.2, 0.25) is 0 Å². The van der Waals surface area contributed by atoms with Crippen LogP contribution in [0.3, 0.4) is 0 Å². The molecule has 3 heterocycles. The van der Waals surface area contributed by atoms with Crippen LogP contribution in [0.5, 0.6) is 0 Å². The van der Waals surface area contributed by atoms with Crippen LogP contribution in [0, 0.1) is 0 Å². The number of H-pyrrole nitrogens is 1. The molecule has 2 aromatic heterocycles. The molecule has 3 aromatic rings. The van der Waals surface area contributed by atoms with E-state index in [4.69, 9.17) is 4.52 Å². The van der Waals surface area contributed by atoms with Gasteiger partial charge >= 0.3 is 6.18 Å². The topological polar surface area (TPSA) is 104 Å². The molecule has 1 saturated heterocycles. The van der Waals surface area contributed by atoms with E-state index in [1.165, 1.54) is 18.5 Å². The summed E-state index contributed by atoms with van der Waals surface area (Å²) in [6, 6.07) is 5.19. The number of benzene rings is 1. The van der Waals surface area contributed by atoms with Crippen molar-refractivity contribution in [2.45, 2.75) is 25.6 Å². The lowest BCUT2D eigenvalue weighted by Gasteiger charge is -2.34. The summed E-state index contributed by atoms with van der Waals surface area (Å²) in [4.78, 5) is 24.5. The van der Waals surface area contributed by atoms with Crippen LogP contribution in [-0.2, 0) is 23.9 Å². The molecule has 0 spiro atoms. The number of hydrogen-bond donors (Lipinski definition) is 1. The molecule has 0 saturated carbocycles. The van der Waals surface area contributed by atoms with Crippen LogP contribution < -0.4 is 0 Å². The second-order valence-corrected chi connectivity index (χ2v) is 7.20. The fraction of sp³-hybridized carbons (Fsp3) is 0.421. The van der Waals surface area contributed by atoms with Gasteiger partial charge < -0.3 is 9.42 Å². The fourth-order valence-electron chi connectivity index (χ4n) is 3.35. The van der Waals surface area contributed by atoms with Gasteiger partial charge in [-0.05, 0) is 17.7 Å².